The van der Waals surface area contributed by atoms with E-state index in [2.05, 4.69) is 51.4 Å². The van der Waals surface area contributed by atoms with Crippen LogP contribution >= 0.6 is 22.9 Å². The average Bonchev–Trinajstić information content (AvgIpc) is 3.08. The number of halogens is 1. The number of nitrogens with zero attached hydrogens (tertiary/aromatic N) is 3. The molecule has 1 N–H and O–H groups in total. The number of thiazole rings is 1. The van der Waals surface area contributed by atoms with E-state index in [0.717, 1.165) is 49.9 Å². The van der Waals surface area contributed by atoms with E-state index >= 15 is 0 Å². The van der Waals surface area contributed by atoms with Crippen molar-refractivity contribution in [1.29, 1.82) is 0 Å². The van der Waals surface area contributed by atoms with Crippen LogP contribution < -0.4 is 10.2 Å². The van der Waals surface area contributed by atoms with Crippen LogP contribution in [0.4, 0.5) is 11.4 Å². The molecule has 0 saturated carbocycles. The highest BCUT2D eigenvalue weighted by Gasteiger charge is 2.25. The summed E-state index contributed by atoms with van der Waals surface area (Å²) in [6, 6.07) is 8.40. The van der Waals surface area contributed by atoms with Crippen LogP contribution in [-0.2, 0) is 4.74 Å². The van der Waals surface area contributed by atoms with E-state index in [9.17, 15) is 0 Å². The lowest BCUT2D eigenvalue weighted by Gasteiger charge is -2.29. The van der Waals surface area contributed by atoms with Crippen molar-refractivity contribution in [3.05, 3.63) is 40.3 Å². The highest BCUT2D eigenvalue weighted by molar-refractivity contribution is 7.10. The Hall–Kier alpha value is -1.63. The zero-order chi connectivity index (χ0) is 17.2. The molecule has 1 fully saturated rings. The first kappa shape index (κ1) is 16.8. The van der Waals surface area contributed by atoms with Crippen molar-refractivity contribution < 1.29 is 4.74 Å². The van der Waals surface area contributed by atoms with Gasteiger partial charge in [0.05, 0.1) is 18.7 Å². The molecule has 25 heavy (non-hydrogen) atoms. The maximum Gasteiger partial charge on any atom is 0.154 e. The van der Waals surface area contributed by atoms with Gasteiger partial charge in [0.25, 0.3) is 0 Å². The van der Waals surface area contributed by atoms with Gasteiger partial charge in [0, 0.05) is 29.3 Å². The normalized spacial score (nSPS) is 23.6. The number of benzene rings is 1. The number of rotatable bonds is 2. The molecule has 0 bridgehead atoms. The van der Waals surface area contributed by atoms with Crippen LogP contribution in [0.25, 0.3) is 0 Å². The first-order valence-electron chi connectivity index (χ1n) is 8.56. The van der Waals surface area contributed by atoms with Gasteiger partial charge >= 0.3 is 0 Å². The molecule has 0 aliphatic carbocycles. The van der Waals surface area contributed by atoms with Gasteiger partial charge in [0.1, 0.15) is 11.2 Å². The van der Waals surface area contributed by atoms with Gasteiger partial charge in [-0.2, -0.15) is 0 Å². The highest BCUT2D eigenvalue weighted by atomic mass is 35.5. The van der Waals surface area contributed by atoms with Gasteiger partial charge in [-0.3, -0.25) is 0 Å². The van der Waals surface area contributed by atoms with Gasteiger partial charge in [0.2, 0.25) is 0 Å². The fraction of sp³-hybridized carbons (Fsp3) is 0.444. The number of aromatic nitrogens is 1. The summed E-state index contributed by atoms with van der Waals surface area (Å²) in [5.74, 6) is 1.13. The lowest BCUT2D eigenvalue weighted by atomic mass is 10.1. The van der Waals surface area contributed by atoms with Crippen LogP contribution in [0.1, 0.15) is 29.8 Å². The molecule has 7 heteroatoms. The zero-order valence-electron chi connectivity index (χ0n) is 14.1. The summed E-state index contributed by atoms with van der Waals surface area (Å²) in [6.45, 7) is 5.57. The number of aliphatic imine (C=N–C) groups is 1. The molecule has 132 valence electrons. The summed E-state index contributed by atoms with van der Waals surface area (Å²) < 4.78 is 5.44. The predicted octanol–water partition coefficient (Wildman–Crippen LogP) is 3.91. The molecule has 4 rings (SSSR count). The highest BCUT2D eigenvalue weighted by Crippen LogP contribution is 2.33. The third-order valence-corrected chi connectivity index (χ3v) is 5.91. The summed E-state index contributed by atoms with van der Waals surface area (Å²) in [5.41, 5.74) is 4.77. The maximum absolute atomic E-state index is 6.40. The Morgan fingerprint density at radius 1 is 1.32 bits per heavy atom. The minimum absolute atomic E-state index is 0.235. The Bertz CT molecular complexity index is 772. The molecule has 2 unspecified atom stereocenters. The first-order chi connectivity index (χ1) is 12.2. The molecule has 0 amide bonds. The van der Waals surface area contributed by atoms with Crippen LogP contribution in [0.5, 0.6) is 0 Å². The van der Waals surface area contributed by atoms with Gasteiger partial charge < -0.3 is 15.0 Å². The summed E-state index contributed by atoms with van der Waals surface area (Å²) in [4.78, 5) is 12.8. The largest absolute Gasteiger partial charge is 0.378 e. The molecule has 2 aliphatic heterocycles. The third kappa shape index (κ3) is 3.66. The molecule has 5 nitrogen and oxygen atoms in total. The minimum atomic E-state index is -0.235. The smallest absolute Gasteiger partial charge is 0.154 e. The average molecular weight is 377 g/mol. The number of hydrogen-bond acceptors (Lipinski definition) is 6. The van der Waals surface area contributed by atoms with E-state index < -0.39 is 0 Å². The van der Waals surface area contributed by atoms with Crippen molar-refractivity contribution in [1.82, 2.24) is 4.98 Å². The van der Waals surface area contributed by atoms with E-state index in [1.165, 1.54) is 10.6 Å². The summed E-state index contributed by atoms with van der Waals surface area (Å²) in [6.07, 6.45) is 0.829. The number of morpholine rings is 1. The van der Waals surface area contributed by atoms with Crippen molar-refractivity contribution in [3.63, 3.8) is 0 Å². The number of amidine groups is 1. The Morgan fingerprint density at radius 2 is 2.16 bits per heavy atom. The summed E-state index contributed by atoms with van der Waals surface area (Å²) in [7, 11) is 0. The molecule has 0 radical (unpaired) electrons. The van der Waals surface area contributed by atoms with Gasteiger partial charge in [-0.1, -0.05) is 24.6 Å². The van der Waals surface area contributed by atoms with Crippen molar-refractivity contribution >= 4 is 40.1 Å². The first-order valence-corrected chi connectivity index (χ1v) is 9.88. The summed E-state index contributed by atoms with van der Waals surface area (Å²) >= 11 is 8.08. The van der Waals surface area contributed by atoms with E-state index in [0.29, 0.717) is 5.92 Å². The van der Waals surface area contributed by atoms with Gasteiger partial charge in [-0.15, -0.1) is 11.3 Å². The molecular formula is C18H21ClN4OS. The van der Waals surface area contributed by atoms with Crippen LogP contribution in [-0.4, -0.2) is 42.6 Å². The van der Waals surface area contributed by atoms with Gasteiger partial charge in [-0.25, -0.2) is 9.98 Å². The summed E-state index contributed by atoms with van der Waals surface area (Å²) in [5, 5.41) is 3.45. The maximum atomic E-state index is 6.40. The van der Waals surface area contributed by atoms with Crippen LogP contribution in [0.3, 0.4) is 0 Å². The molecule has 3 heterocycles. The van der Waals surface area contributed by atoms with Crippen molar-refractivity contribution in [2.45, 2.75) is 24.8 Å². The molecule has 1 aromatic heterocycles. The third-order valence-electron chi connectivity index (χ3n) is 4.57. The Balaban J connectivity index is 1.60. The minimum Gasteiger partial charge on any atom is -0.378 e. The lowest BCUT2D eigenvalue weighted by molar-refractivity contribution is 0.122. The number of nitrogens with one attached hydrogen (secondary N) is 1. The van der Waals surface area contributed by atoms with E-state index in [-0.39, 0.29) is 5.50 Å². The quantitative estimate of drug-likeness (QED) is 0.637. The molecule has 1 aromatic carbocycles. The zero-order valence-corrected chi connectivity index (χ0v) is 15.7. The number of ether oxygens (including phenoxy) is 1. The number of anilines is 2. The van der Waals surface area contributed by atoms with E-state index in [1.54, 1.807) is 11.3 Å². The van der Waals surface area contributed by atoms with Crippen LogP contribution in [0.2, 0.25) is 0 Å². The second-order valence-corrected chi connectivity index (χ2v) is 7.78. The topological polar surface area (TPSA) is 49.8 Å². The lowest BCUT2D eigenvalue weighted by Crippen LogP contribution is -2.36. The molecule has 0 spiro atoms. The fourth-order valence-corrected chi connectivity index (χ4v) is 4.49. The second-order valence-electron chi connectivity index (χ2n) is 6.39. The van der Waals surface area contributed by atoms with Crippen molar-refractivity contribution in [2.75, 3.05) is 36.5 Å². The van der Waals surface area contributed by atoms with Crippen molar-refractivity contribution in [3.8, 4) is 0 Å². The van der Waals surface area contributed by atoms with E-state index in [1.807, 2.05) is 5.51 Å². The Morgan fingerprint density at radius 3 is 3.00 bits per heavy atom. The molecule has 1 saturated heterocycles. The van der Waals surface area contributed by atoms with Crippen LogP contribution in [0.15, 0.2) is 34.8 Å². The fourth-order valence-electron chi connectivity index (χ4n) is 3.27. The molecule has 2 aromatic rings. The standard InChI is InChI=1S/C18H21ClN4OS/c1-12-9-15(19)22-18(16-17(12)25-11-20-16)21-13-3-2-4-14(10-13)23-5-7-24-8-6-23/h2-4,10-12,15H,5-9H2,1H3,(H,21,22). The molecule has 2 atom stereocenters. The molecule has 2 aliphatic rings. The van der Waals surface area contributed by atoms with Crippen molar-refractivity contribution in [2.24, 2.45) is 4.99 Å². The number of alkyl halides is 1. The number of hydrogen-bond donors (Lipinski definition) is 1. The second kappa shape index (κ2) is 7.32. The molecular weight excluding hydrogens is 356 g/mol. The predicted molar refractivity (Wildman–Crippen MR) is 104 cm³/mol. The Kier molecular flexibility index (Phi) is 4.92. The van der Waals surface area contributed by atoms with Gasteiger partial charge in [0.15, 0.2) is 5.84 Å². The number of fused-ring (bicyclic) bond motifs is 1. The van der Waals surface area contributed by atoms with E-state index in [4.69, 9.17) is 16.3 Å². The monoisotopic (exact) mass is 376 g/mol. The SMILES string of the molecule is CC1CC(Cl)N=C(Nc2cccc(N3CCOCC3)c2)c2ncsc21. The van der Waals surface area contributed by atoms with Crippen LogP contribution in [0, 0.1) is 0 Å². The van der Waals surface area contributed by atoms with Gasteiger partial charge in [-0.05, 0) is 30.5 Å². The Labute approximate surface area is 156 Å².